The topological polar surface area (TPSA) is 102 Å². The number of nitrogens with one attached hydrogen (secondary N) is 2. The summed E-state index contributed by atoms with van der Waals surface area (Å²) in [7, 11) is 0. The normalized spacial score (nSPS) is 17.4. The highest BCUT2D eigenvalue weighted by Gasteiger charge is 2.14. The molecular weight excluding hydrogens is 320 g/mol. The number of guanidine groups is 1. The maximum absolute atomic E-state index is 12.0. The zero-order valence-electron chi connectivity index (χ0n) is 13.9. The van der Waals surface area contributed by atoms with Gasteiger partial charge in [-0.05, 0) is 42.7 Å². The van der Waals surface area contributed by atoms with E-state index in [4.69, 9.17) is 14.9 Å². The molecule has 1 aromatic heterocycles. The van der Waals surface area contributed by atoms with Crippen molar-refractivity contribution in [3.63, 3.8) is 0 Å². The van der Waals surface area contributed by atoms with Crippen LogP contribution in [0.5, 0.6) is 0 Å². The number of nitrogens with two attached hydrogens (primary N) is 1. The minimum atomic E-state index is -0.289. The first-order valence-electron chi connectivity index (χ1n) is 8.30. The van der Waals surface area contributed by atoms with E-state index in [1.165, 1.54) is 6.26 Å². The first-order valence-corrected chi connectivity index (χ1v) is 8.30. The van der Waals surface area contributed by atoms with E-state index in [0.29, 0.717) is 24.7 Å². The molecule has 1 aromatic carbocycles. The summed E-state index contributed by atoms with van der Waals surface area (Å²) in [4.78, 5) is 16.3. The molecule has 1 aliphatic heterocycles. The van der Waals surface area contributed by atoms with Crippen LogP contribution in [0.4, 0.5) is 5.69 Å². The van der Waals surface area contributed by atoms with Crippen LogP contribution >= 0.6 is 0 Å². The second kappa shape index (κ2) is 8.34. The molecule has 25 heavy (non-hydrogen) atoms. The average Bonchev–Trinajstić information content (AvgIpc) is 3.32. The Balaban J connectivity index is 1.52. The van der Waals surface area contributed by atoms with E-state index in [2.05, 4.69) is 15.6 Å². The quantitative estimate of drug-likeness (QED) is 0.551. The number of amides is 1. The number of carbonyl (C=O) groups excluding carboxylic acids is 1. The number of nitrogens with zero attached hydrogens (tertiary/aromatic N) is 1. The lowest BCUT2D eigenvalue weighted by molar-refractivity contribution is 0.0996. The molecule has 2 heterocycles. The molecule has 1 aliphatic rings. The zero-order valence-corrected chi connectivity index (χ0v) is 13.9. The van der Waals surface area contributed by atoms with Gasteiger partial charge in [0.05, 0.1) is 18.9 Å². The summed E-state index contributed by atoms with van der Waals surface area (Å²) in [6.07, 6.45) is 3.83. The van der Waals surface area contributed by atoms with Crippen LogP contribution in [0.3, 0.4) is 0 Å². The fraction of sp³-hybridized carbons (Fsp3) is 0.333. The van der Waals surface area contributed by atoms with Crippen LogP contribution in [0.25, 0.3) is 0 Å². The van der Waals surface area contributed by atoms with Gasteiger partial charge in [-0.1, -0.05) is 12.1 Å². The molecule has 0 saturated carbocycles. The standard InChI is InChI=1S/C18H22N4O3/c19-18(21-12-15-6-2-8-24-15)20-11-13-4-1-5-14(10-13)22-17(23)16-7-3-9-25-16/h1,3-5,7,9-10,15H,2,6,8,11-12H2,(H,22,23)(H3,19,20,21). The number of aliphatic imine (C=N–C) groups is 1. The van der Waals surface area contributed by atoms with E-state index in [1.54, 1.807) is 12.1 Å². The summed E-state index contributed by atoms with van der Waals surface area (Å²) >= 11 is 0. The first kappa shape index (κ1) is 17.0. The average molecular weight is 342 g/mol. The van der Waals surface area contributed by atoms with Crippen molar-refractivity contribution in [1.82, 2.24) is 5.32 Å². The van der Waals surface area contributed by atoms with Crippen molar-refractivity contribution in [2.24, 2.45) is 10.7 Å². The third-order valence-electron chi connectivity index (χ3n) is 3.90. The van der Waals surface area contributed by atoms with Gasteiger partial charge in [0, 0.05) is 18.8 Å². The van der Waals surface area contributed by atoms with Crippen LogP contribution in [0.1, 0.15) is 29.0 Å². The fourth-order valence-corrected chi connectivity index (χ4v) is 2.60. The highest BCUT2D eigenvalue weighted by molar-refractivity contribution is 6.02. The zero-order chi connectivity index (χ0) is 17.5. The fourth-order valence-electron chi connectivity index (χ4n) is 2.60. The van der Waals surface area contributed by atoms with Gasteiger partial charge in [-0.2, -0.15) is 0 Å². The lowest BCUT2D eigenvalue weighted by atomic mass is 10.2. The van der Waals surface area contributed by atoms with Gasteiger partial charge in [0.15, 0.2) is 11.7 Å². The van der Waals surface area contributed by atoms with E-state index in [-0.39, 0.29) is 17.8 Å². The van der Waals surface area contributed by atoms with Crippen LogP contribution in [0.15, 0.2) is 52.1 Å². The van der Waals surface area contributed by atoms with E-state index >= 15 is 0 Å². The van der Waals surface area contributed by atoms with Crippen molar-refractivity contribution in [2.75, 3.05) is 18.5 Å². The molecule has 1 fully saturated rings. The molecule has 0 spiro atoms. The van der Waals surface area contributed by atoms with Crippen molar-refractivity contribution >= 4 is 17.6 Å². The summed E-state index contributed by atoms with van der Waals surface area (Å²) in [5, 5.41) is 5.87. The molecule has 7 nitrogen and oxygen atoms in total. The van der Waals surface area contributed by atoms with E-state index < -0.39 is 0 Å². The SMILES string of the molecule is NC(=NCc1cccc(NC(=O)c2ccco2)c1)NCC1CCCO1. The summed E-state index contributed by atoms with van der Waals surface area (Å²) in [6, 6.07) is 10.7. The molecule has 132 valence electrons. The van der Waals surface area contributed by atoms with Crippen LogP contribution in [0.2, 0.25) is 0 Å². The first-order chi connectivity index (χ1) is 12.2. The second-order valence-corrected chi connectivity index (χ2v) is 5.85. The Morgan fingerprint density at radius 3 is 3.00 bits per heavy atom. The largest absolute Gasteiger partial charge is 0.459 e. The predicted molar refractivity (Wildman–Crippen MR) is 95.4 cm³/mol. The number of furan rings is 1. The Bertz CT molecular complexity index is 722. The number of hydrogen-bond acceptors (Lipinski definition) is 4. The molecule has 2 aromatic rings. The van der Waals surface area contributed by atoms with Gasteiger partial charge in [-0.15, -0.1) is 0 Å². The number of rotatable bonds is 6. The number of carbonyl (C=O) groups is 1. The molecule has 1 saturated heterocycles. The van der Waals surface area contributed by atoms with Gasteiger partial charge < -0.3 is 25.5 Å². The molecule has 0 bridgehead atoms. The molecule has 1 unspecified atom stereocenters. The van der Waals surface area contributed by atoms with Crippen molar-refractivity contribution < 1.29 is 13.9 Å². The van der Waals surface area contributed by atoms with E-state index in [9.17, 15) is 4.79 Å². The highest BCUT2D eigenvalue weighted by Crippen LogP contribution is 2.14. The molecule has 0 radical (unpaired) electrons. The molecule has 3 rings (SSSR count). The van der Waals surface area contributed by atoms with E-state index in [1.807, 2.05) is 24.3 Å². The highest BCUT2D eigenvalue weighted by atomic mass is 16.5. The second-order valence-electron chi connectivity index (χ2n) is 5.85. The molecule has 7 heteroatoms. The van der Waals surface area contributed by atoms with Crippen LogP contribution < -0.4 is 16.4 Å². The summed E-state index contributed by atoms with van der Waals surface area (Å²) in [5.74, 6) is 0.370. The monoisotopic (exact) mass is 342 g/mol. The lowest BCUT2D eigenvalue weighted by Crippen LogP contribution is -2.37. The van der Waals surface area contributed by atoms with Crippen molar-refractivity contribution in [2.45, 2.75) is 25.5 Å². The van der Waals surface area contributed by atoms with Gasteiger partial charge >= 0.3 is 0 Å². The Morgan fingerprint density at radius 2 is 2.24 bits per heavy atom. The maximum atomic E-state index is 12.0. The number of hydrogen-bond donors (Lipinski definition) is 3. The maximum Gasteiger partial charge on any atom is 0.291 e. The Hall–Kier alpha value is -2.80. The van der Waals surface area contributed by atoms with E-state index in [0.717, 1.165) is 25.0 Å². The summed E-state index contributed by atoms with van der Waals surface area (Å²) in [5.41, 5.74) is 7.51. The van der Waals surface area contributed by atoms with Crippen LogP contribution in [0, 0.1) is 0 Å². The molecule has 1 amide bonds. The van der Waals surface area contributed by atoms with Gasteiger partial charge in [-0.25, -0.2) is 4.99 Å². The van der Waals surface area contributed by atoms with Gasteiger partial charge in [0.25, 0.3) is 5.91 Å². The van der Waals surface area contributed by atoms with Crippen LogP contribution in [-0.4, -0.2) is 31.1 Å². The molecular formula is C18H22N4O3. The third-order valence-corrected chi connectivity index (χ3v) is 3.90. The molecule has 4 N–H and O–H groups in total. The minimum Gasteiger partial charge on any atom is -0.459 e. The van der Waals surface area contributed by atoms with Gasteiger partial charge in [0.1, 0.15) is 0 Å². The Labute approximate surface area is 146 Å². The van der Waals surface area contributed by atoms with Crippen molar-refractivity contribution in [3.05, 3.63) is 54.0 Å². The predicted octanol–water partition coefficient (Wildman–Crippen LogP) is 2.12. The Morgan fingerprint density at radius 1 is 1.32 bits per heavy atom. The number of ether oxygens (including phenoxy) is 1. The summed E-state index contributed by atoms with van der Waals surface area (Å²) in [6.45, 7) is 1.92. The third kappa shape index (κ3) is 5.09. The summed E-state index contributed by atoms with van der Waals surface area (Å²) < 4.78 is 10.6. The molecule has 0 aliphatic carbocycles. The number of anilines is 1. The Kier molecular flexibility index (Phi) is 5.69. The smallest absolute Gasteiger partial charge is 0.291 e. The van der Waals surface area contributed by atoms with Crippen LogP contribution in [-0.2, 0) is 11.3 Å². The van der Waals surface area contributed by atoms with Crippen molar-refractivity contribution in [3.8, 4) is 0 Å². The van der Waals surface area contributed by atoms with Gasteiger partial charge in [0.2, 0.25) is 0 Å². The molecule has 1 atom stereocenters. The minimum absolute atomic E-state index is 0.217. The lowest BCUT2D eigenvalue weighted by Gasteiger charge is -2.11. The number of benzene rings is 1. The van der Waals surface area contributed by atoms with Crippen molar-refractivity contribution in [1.29, 1.82) is 0 Å². The van der Waals surface area contributed by atoms with Gasteiger partial charge in [-0.3, -0.25) is 4.79 Å².